The van der Waals surface area contributed by atoms with E-state index in [-0.39, 0.29) is 15.6 Å². The quantitative estimate of drug-likeness (QED) is 0.326. The largest absolute Gasteiger partial charge is 0.368 e. The second-order valence-corrected chi connectivity index (χ2v) is 12.1. The van der Waals surface area contributed by atoms with E-state index in [2.05, 4.69) is 26.2 Å². The lowest BCUT2D eigenvalue weighted by Crippen LogP contribution is -2.46. The van der Waals surface area contributed by atoms with Crippen molar-refractivity contribution < 1.29 is 8.42 Å². The Hall–Kier alpha value is -3.21. The molecule has 3 aromatic heterocycles. The molecular weight excluding hydrogens is 516 g/mol. The van der Waals surface area contributed by atoms with Crippen LogP contribution in [-0.4, -0.2) is 54.4 Å². The molecule has 8 nitrogen and oxygen atoms in total. The standard InChI is InChI=1S/C25H23ClN6O2S2/c1-16-6-7-17(2)21(14-16)36(33,34)25-24-27-23(22-20(8-13-35-22)32(24)29-28-25)31-11-9-30(10-12-31)19-5-3-4-18(26)15-19/h3-8,13-15H,9-12H2,1-2H3. The molecule has 0 bridgehead atoms. The number of anilines is 2. The average molecular weight is 539 g/mol. The van der Waals surface area contributed by atoms with E-state index in [9.17, 15) is 8.42 Å². The summed E-state index contributed by atoms with van der Waals surface area (Å²) in [4.78, 5) is 9.61. The van der Waals surface area contributed by atoms with Gasteiger partial charge in [-0.2, -0.15) is 4.52 Å². The number of rotatable bonds is 4. The minimum atomic E-state index is -3.92. The number of hydrogen-bond acceptors (Lipinski definition) is 8. The van der Waals surface area contributed by atoms with Crippen LogP contribution in [0.4, 0.5) is 11.5 Å². The fourth-order valence-electron chi connectivity index (χ4n) is 4.65. The lowest BCUT2D eigenvalue weighted by molar-refractivity contribution is 0.591. The first-order valence-electron chi connectivity index (χ1n) is 11.5. The molecule has 5 aromatic rings. The molecule has 2 aromatic carbocycles. The summed E-state index contributed by atoms with van der Waals surface area (Å²) in [5.74, 6) is 0.762. The van der Waals surface area contributed by atoms with Gasteiger partial charge < -0.3 is 9.80 Å². The zero-order valence-electron chi connectivity index (χ0n) is 19.7. The van der Waals surface area contributed by atoms with Crippen LogP contribution in [0.5, 0.6) is 0 Å². The number of nitrogens with zero attached hydrogens (tertiary/aromatic N) is 6. The third kappa shape index (κ3) is 3.80. The van der Waals surface area contributed by atoms with E-state index in [1.807, 2.05) is 48.7 Å². The zero-order valence-corrected chi connectivity index (χ0v) is 22.1. The lowest BCUT2D eigenvalue weighted by atomic mass is 10.2. The molecule has 0 spiro atoms. The summed E-state index contributed by atoms with van der Waals surface area (Å²) in [6.45, 7) is 6.73. The molecule has 0 unspecified atom stereocenters. The molecule has 0 atom stereocenters. The van der Waals surface area contributed by atoms with Gasteiger partial charge in [0.25, 0.3) is 0 Å². The first kappa shape index (κ1) is 23.2. The van der Waals surface area contributed by atoms with Crippen molar-refractivity contribution >= 4 is 60.1 Å². The van der Waals surface area contributed by atoms with E-state index in [0.717, 1.165) is 53.5 Å². The molecule has 184 valence electrons. The van der Waals surface area contributed by atoms with Gasteiger partial charge in [-0.25, -0.2) is 13.4 Å². The second-order valence-electron chi connectivity index (χ2n) is 8.93. The molecule has 1 aliphatic heterocycles. The number of piperazine rings is 1. The maximum atomic E-state index is 13.7. The summed E-state index contributed by atoms with van der Waals surface area (Å²) < 4.78 is 29.9. The molecule has 1 fully saturated rings. The normalized spacial score (nSPS) is 14.8. The highest BCUT2D eigenvalue weighted by Crippen LogP contribution is 2.34. The third-order valence-corrected chi connectivity index (χ3v) is 9.47. The van der Waals surface area contributed by atoms with Crippen LogP contribution in [0.15, 0.2) is 63.8 Å². The Morgan fingerprint density at radius 3 is 2.53 bits per heavy atom. The molecule has 0 amide bonds. The van der Waals surface area contributed by atoms with Gasteiger partial charge in [-0.1, -0.05) is 35.0 Å². The van der Waals surface area contributed by atoms with E-state index < -0.39 is 9.84 Å². The summed E-state index contributed by atoms with van der Waals surface area (Å²) >= 11 is 7.76. The Morgan fingerprint density at radius 2 is 1.75 bits per heavy atom. The maximum Gasteiger partial charge on any atom is 0.229 e. The van der Waals surface area contributed by atoms with Crippen molar-refractivity contribution in [1.29, 1.82) is 0 Å². The monoisotopic (exact) mass is 538 g/mol. The van der Waals surface area contributed by atoms with Gasteiger partial charge in [-0.05, 0) is 60.7 Å². The van der Waals surface area contributed by atoms with Crippen molar-refractivity contribution in [2.75, 3.05) is 36.0 Å². The number of hydrogen-bond donors (Lipinski definition) is 0. The first-order chi connectivity index (χ1) is 17.3. The maximum absolute atomic E-state index is 13.7. The number of halogens is 1. The number of fused-ring (bicyclic) bond motifs is 3. The van der Waals surface area contributed by atoms with Crippen LogP contribution in [-0.2, 0) is 9.84 Å². The molecule has 1 aliphatic rings. The Balaban J connectivity index is 1.41. The summed E-state index contributed by atoms with van der Waals surface area (Å²) in [5, 5.41) is 10.9. The molecule has 0 radical (unpaired) electrons. The van der Waals surface area contributed by atoms with E-state index in [4.69, 9.17) is 16.6 Å². The van der Waals surface area contributed by atoms with Gasteiger partial charge in [0.1, 0.15) is 0 Å². The van der Waals surface area contributed by atoms with Gasteiger partial charge in [0.2, 0.25) is 14.9 Å². The van der Waals surface area contributed by atoms with E-state index in [1.54, 1.807) is 24.3 Å². The van der Waals surface area contributed by atoms with Gasteiger partial charge in [0.15, 0.2) is 11.5 Å². The molecule has 1 saturated heterocycles. The van der Waals surface area contributed by atoms with Crippen molar-refractivity contribution in [3.05, 3.63) is 70.1 Å². The highest BCUT2D eigenvalue weighted by Gasteiger charge is 2.30. The van der Waals surface area contributed by atoms with Crippen LogP contribution in [0.3, 0.4) is 0 Å². The number of aryl methyl sites for hydroxylation is 2. The Bertz CT molecular complexity index is 1720. The van der Waals surface area contributed by atoms with Gasteiger partial charge in [-0.15, -0.1) is 16.4 Å². The second kappa shape index (κ2) is 8.72. The minimum absolute atomic E-state index is 0.122. The van der Waals surface area contributed by atoms with Crippen molar-refractivity contribution in [2.45, 2.75) is 23.8 Å². The van der Waals surface area contributed by atoms with Crippen LogP contribution in [0, 0.1) is 13.8 Å². The molecule has 0 aliphatic carbocycles. The average Bonchev–Trinajstić information content (AvgIpc) is 3.52. The Morgan fingerprint density at radius 1 is 0.972 bits per heavy atom. The van der Waals surface area contributed by atoms with E-state index in [0.29, 0.717) is 10.6 Å². The fourth-order valence-corrected chi connectivity index (χ4v) is 7.28. The van der Waals surface area contributed by atoms with E-state index in [1.165, 1.54) is 4.52 Å². The van der Waals surface area contributed by atoms with Crippen molar-refractivity contribution in [3.8, 4) is 0 Å². The number of benzene rings is 2. The van der Waals surface area contributed by atoms with Crippen molar-refractivity contribution in [3.63, 3.8) is 0 Å². The molecule has 6 rings (SSSR count). The van der Waals surface area contributed by atoms with Crippen LogP contribution in [0.25, 0.3) is 15.9 Å². The first-order valence-corrected chi connectivity index (χ1v) is 14.3. The highest BCUT2D eigenvalue weighted by molar-refractivity contribution is 7.91. The highest BCUT2D eigenvalue weighted by atomic mass is 35.5. The number of aromatic nitrogens is 4. The summed E-state index contributed by atoms with van der Waals surface area (Å²) in [7, 11) is -3.92. The predicted octanol–water partition coefficient (Wildman–Crippen LogP) is 4.77. The van der Waals surface area contributed by atoms with E-state index >= 15 is 0 Å². The Kier molecular flexibility index (Phi) is 5.62. The summed E-state index contributed by atoms with van der Waals surface area (Å²) in [6.07, 6.45) is 0. The van der Waals surface area contributed by atoms with Gasteiger partial charge >= 0.3 is 0 Å². The van der Waals surface area contributed by atoms with Crippen LogP contribution >= 0.6 is 22.9 Å². The topological polar surface area (TPSA) is 83.7 Å². The molecule has 0 N–H and O–H groups in total. The summed E-state index contributed by atoms with van der Waals surface area (Å²) in [5.41, 5.74) is 3.66. The summed E-state index contributed by atoms with van der Waals surface area (Å²) in [6, 6.07) is 15.2. The number of sulfone groups is 1. The van der Waals surface area contributed by atoms with Gasteiger partial charge in [0.05, 0.1) is 15.1 Å². The smallest absolute Gasteiger partial charge is 0.229 e. The SMILES string of the molecule is Cc1ccc(C)c(S(=O)(=O)c2nnn3c2nc(N2CCN(c4cccc(Cl)c4)CC2)c2sccc23)c1. The van der Waals surface area contributed by atoms with Crippen LogP contribution in [0.2, 0.25) is 5.02 Å². The molecular formula is C25H23ClN6O2S2. The van der Waals surface area contributed by atoms with Gasteiger partial charge in [-0.3, -0.25) is 0 Å². The number of thiophene rings is 1. The molecule has 0 saturated carbocycles. The molecule has 11 heteroatoms. The Labute approximate surface area is 217 Å². The predicted molar refractivity (Wildman–Crippen MR) is 143 cm³/mol. The third-order valence-electron chi connectivity index (χ3n) is 6.54. The van der Waals surface area contributed by atoms with Crippen molar-refractivity contribution in [2.24, 2.45) is 0 Å². The fraction of sp³-hybridized carbons (Fsp3) is 0.240. The zero-order chi connectivity index (χ0) is 25.0. The van der Waals surface area contributed by atoms with Crippen molar-refractivity contribution in [1.82, 2.24) is 19.8 Å². The molecule has 4 heterocycles. The minimum Gasteiger partial charge on any atom is -0.368 e. The van der Waals surface area contributed by atoms with Crippen LogP contribution in [0.1, 0.15) is 11.1 Å². The van der Waals surface area contributed by atoms with Crippen LogP contribution < -0.4 is 9.80 Å². The molecule has 36 heavy (non-hydrogen) atoms. The van der Waals surface area contributed by atoms with Gasteiger partial charge in [0, 0.05) is 36.9 Å². The lowest BCUT2D eigenvalue weighted by Gasteiger charge is -2.37.